The highest BCUT2D eigenvalue weighted by Crippen LogP contribution is 2.26. The van der Waals surface area contributed by atoms with E-state index in [-0.39, 0.29) is 5.69 Å². The molecule has 7 heteroatoms. The summed E-state index contributed by atoms with van der Waals surface area (Å²) in [6, 6.07) is 17.3. The fourth-order valence-corrected chi connectivity index (χ4v) is 2.56. The Bertz CT molecular complexity index is 997. The van der Waals surface area contributed by atoms with E-state index in [0.717, 1.165) is 0 Å². The van der Waals surface area contributed by atoms with Gasteiger partial charge < -0.3 is 10.6 Å². The summed E-state index contributed by atoms with van der Waals surface area (Å²) >= 11 is 12.0. The lowest BCUT2D eigenvalue weighted by molar-refractivity contribution is 0.102. The molecule has 0 unspecified atom stereocenters. The summed E-state index contributed by atoms with van der Waals surface area (Å²) in [5, 5.41) is 15.7. The molecule has 0 fully saturated rings. The average molecular weight is 383 g/mol. The van der Waals surface area contributed by atoms with Gasteiger partial charge in [-0.15, -0.1) is 0 Å². The number of carbonyl (C=O) groups excluding carboxylic acids is 1. The van der Waals surface area contributed by atoms with Crippen LogP contribution >= 0.6 is 23.2 Å². The maximum absolute atomic E-state index is 12.3. The predicted octanol–water partition coefficient (Wildman–Crippen LogP) is 5.26. The lowest BCUT2D eigenvalue weighted by Gasteiger charge is -2.09. The second kappa shape index (κ2) is 7.87. The van der Waals surface area contributed by atoms with E-state index < -0.39 is 5.91 Å². The Kier molecular flexibility index (Phi) is 5.37. The summed E-state index contributed by atoms with van der Waals surface area (Å²) in [7, 11) is 0. The number of hydrogen-bond acceptors (Lipinski definition) is 4. The first-order valence-corrected chi connectivity index (χ1v) is 8.31. The molecule has 3 aromatic rings. The van der Waals surface area contributed by atoms with Gasteiger partial charge in [0, 0.05) is 5.02 Å². The third-order valence-electron chi connectivity index (χ3n) is 3.50. The van der Waals surface area contributed by atoms with Crippen molar-refractivity contribution in [3.05, 3.63) is 82.1 Å². The molecule has 1 aromatic heterocycles. The summed E-state index contributed by atoms with van der Waals surface area (Å²) in [6.07, 6.45) is 1.52. The summed E-state index contributed by atoms with van der Waals surface area (Å²) in [5.74, 6) is -0.404. The number of nitrogens with one attached hydrogen (secondary N) is 2. The number of pyridine rings is 1. The molecule has 0 atom stereocenters. The fraction of sp³-hybridized carbons (Fsp3) is 0. The number of halogens is 2. The molecule has 2 aromatic carbocycles. The summed E-state index contributed by atoms with van der Waals surface area (Å²) < 4.78 is 0. The standard InChI is InChI=1S/C19H12Cl2N4O/c20-13-5-7-15(21)18(9-13)25-19(26)17-8-6-14(11-23-17)24-16-4-2-1-3-12(16)10-22/h1-9,11,24H,(H,25,26). The van der Waals surface area contributed by atoms with Gasteiger partial charge in [-0.25, -0.2) is 4.98 Å². The summed E-state index contributed by atoms with van der Waals surface area (Å²) in [5.41, 5.74) is 2.48. The first-order chi connectivity index (χ1) is 12.6. The number of anilines is 3. The van der Waals surface area contributed by atoms with Gasteiger partial charge in [-0.3, -0.25) is 4.79 Å². The van der Waals surface area contributed by atoms with Crippen molar-refractivity contribution < 1.29 is 4.79 Å². The van der Waals surface area contributed by atoms with Crippen LogP contribution in [0.4, 0.5) is 17.1 Å². The molecule has 0 spiro atoms. The highest BCUT2D eigenvalue weighted by atomic mass is 35.5. The van der Waals surface area contributed by atoms with Crippen molar-refractivity contribution in [1.82, 2.24) is 4.98 Å². The van der Waals surface area contributed by atoms with E-state index in [0.29, 0.717) is 32.7 Å². The van der Waals surface area contributed by atoms with Gasteiger partial charge in [0.25, 0.3) is 5.91 Å². The topological polar surface area (TPSA) is 77.8 Å². The Hall–Kier alpha value is -3.07. The van der Waals surface area contributed by atoms with Gasteiger partial charge in [0.2, 0.25) is 0 Å². The molecule has 0 bridgehead atoms. The number of benzene rings is 2. The maximum atomic E-state index is 12.3. The van der Waals surface area contributed by atoms with Gasteiger partial charge in [-0.1, -0.05) is 35.3 Å². The zero-order valence-electron chi connectivity index (χ0n) is 13.3. The lowest BCUT2D eigenvalue weighted by atomic mass is 10.2. The van der Waals surface area contributed by atoms with Gasteiger partial charge in [0.15, 0.2) is 0 Å². The second-order valence-electron chi connectivity index (χ2n) is 5.29. The Morgan fingerprint density at radius 1 is 1.04 bits per heavy atom. The van der Waals surface area contributed by atoms with Crippen molar-refractivity contribution in [3.8, 4) is 6.07 Å². The molecule has 2 N–H and O–H groups in total. The molecule has 3 rings (SSSR count). The van der Waals surface area contributed by atoms with Crippen molar-refractivity contribution in [2.24, 2.45) is 0 Å². The lowest BCUT2D eigenvalue weighted by Crippen LogP contribution is -2.14. The van der Waals surface area contributed by atoms with E-state index in [1.165, 1.54) is 6.20 Å². The number of nitriles is 1. The molecule has 26 heavy (non-hydrogen) atoms. The second-order valence-corrected chi connectivity index (χ2v) is 6.14. The SMILES string of the molecule is N#Cc1ccccc1Nc1ccc(C(=O)Nc2cc(Cl)ccc2Cl)nc1. The Morgan fingerprint density at radius 2 is 1.85 bits per heavy atom. The Morgan fingerprint density at radius 3 is 2.58 bits per heavy atom. The number of hydrogen-bond donors (Lipinski definition) is 2. The fourth-order valence-electron chi connectivity index (χ4n) is 2.23. The summed E-state index contributed by atoms with van der Waals surface area (Å²) in [6.45, 7) is 0. The Labute approximate surface area is 160 Å². The van der Waals surface area contributed by atoms with E-state index in [4.69, 9.17) is 28.5 Å². The largest absolute Gasteiger partial charge is 0.353 e. The first-order valence-electron chi connectivity index (χ1n) is 7.55. The minimum atomic E-state index is -0.404. The van der Waals surface area contributed by atoms with E-state index in [2.05, 4.69) is 21.7 Å². The molecule has 0 aliphatic rings. The van der Waals surface area contributed by atoms with Crippen molar-refractivity contribution in [2.75, 3.05) is 10.6 Å². The quantitative estimate of drug-likeness (QED) is 0.645. The zero-order chi connectivity index (χ0) is 18.5. The molecule has 1 amide bonds. The van der Waals surface area contributed by atoms with Crippen LogP contribution in [-0.4, -0.2) is 10.9 Å². The number of nitrogens with zero attached hydrogens (tertiary/aromatic N) is 2. The van der Waals surface area contributed by atoms with Gasteiger partial charge >= 0.3 is 0 Å². The number of carbonyl (C=O) groups is 1. The van der Waals surface area contributed by atoms with Crippen molar-refractivity contribution in [1.29, 1.82) is 5.26 Å². The van der Waals surface area contributed by atoms with Crippen molar-refractivity contribution in [3.63, 3.8) is 0 Å². The van der Waals surface area contributed by atoms with Crippen LogP contribution in [0, 0.1) is 11.3 Å². The van der Waals surface area contributed by atoms with Gasteiger partial charge in [-0.2, -0.15) is 5.26 Å². The zero-order valence-corrected chi connectivity index (χ0v) is 14.8. The van der Waals surface area contributed by atoms with Crippen molar-refractivity contribution in [2.45, 2.75) is 0 Å². The van der Waals surface area contributed by atoms with Crippen LogP contribution in [0.25, 0.3) is 0 Å². The third-order valence-corrected chi connectivity index (χ3v) is 4.06. The van der Waals surface area contributed by atoms with Crippen LogP contribution in [0.15, 0.2) is 60.8 Å². The minimum absolute atomic E-state index is 0.222. The highest BCUT2D eigenvalue weighted by molar-refractivity contribution is 6.35. The highest BCUT2D eigenvalue weighted by Gasteiger charge is 2.11. The van der Waals surface area contributed by atoms with Crippen molar-refractivity contribution >= 4 is 46.2 Å². The maximum Gasteiger partial charge on any atom is 0.274 e. The molecule has 0 aliphatic carbocycles. The van der Waals surface area contributed by atoms with E-state index in [9.17, 15) is 4.79 Å². The van der Waals surface area contributed by atoms with E-state index in [1.807, 2.05) is 6.07 Å². The molecule has 0 saturated carbocycles. The van der Waals surface area contributed by atoms with Crippen LogP contribution < -0.4 is 10.6 Å². The van der Waals surface area contributed by atoms with Crippen LogP contribution in [0.1, 0.15) is 16.1 Å². The molecule has 0 saturated heterocycles. The first kappa shape index (κ1) is 17.7. The number of aromatic nitrogens is 1. The van der Waals surface area contributed by atoms with Crippen LogP contribution in [-0.2, 0) is 0 Å². The average Bonchev–Trinajstić information content (AvgIpc) is 2.65. The molecule has 0 radical (unpaired) electrons. The van der Waals surface area contributed by atoms with Gasteiger partial charge in [0.05, 0.1) is 33.8 Å². The predicted molar refractivity (Wildman–Crippen MR) is 103 cm³/mol. The molecule has 1 heterocycles. The Balaban J connectivity index is 1.74. The molecule has 0 aliphatic heterocycles. The van der Waals surface area contributed by atoms with Gasteiger partial charge in [0.1, 0.15) is 11.8 Å². The number of para-hydroxylation sites is 1. The summed E-state index contributed by atoms with van der Waals surface area (Å²) in [4.78, 5) is 16.5. The minimum Gasteiger partial charge on any atom is -0.353 e. The van der Waals surface area contributed by atoms with Crippen LogP contribution in [0.2, 0.25) is 10.0 Å². The number of amides is 1. The van der Waals surface area contributed by atoms with E-state index in [1.54, 1.807) is 48.5 Å². The van der Waals surface area contributed by atoms with Crippen LogP contribution in [0.5, 0.6) is 0 Å². The molecular weight excluding hydrogens is 371 g/mol. The smallest absolute Gasteiger partial charge is 0.274 e. The molecule has 5 nitrogen and oxygen atoms in total. The van der Waals surface area contributed by atoms with Crippen LogP contribution in [0.3, 0.4) is 0 Å². The molecule has 128 valence electrons. The third kappa shape index (κ3) is 4.12. The van der Waals surface area contributed by atoms with Gasteiger partial charge in [-0.05, 0) is 42.5 Å². The normalized spacial score (nSPS) is 10.0. The monoisotopic (exact) mass is 382 g/mol. The number of rotatable bonds is 4. The molecular formula is C19H12Cl2N4O. The van der Waals surface area contributed by atoms with E-state index >= 15 is 0 Å².